The predicted octanol–water partition coefficient (Wildman–Crippen LogP) is 3.29. The van der Waals surface area contributed by atoms with Gasteiger partial charge in [0.1, 0.15) is 5.82 Å². The molecule has 2 atom stereocenters. The number of hydrogen-bond acceptors (Lipinski definition) is 2. The second-order valence-corrected chi connectivity index (χ2v) is 6.22. The number of hydrogen-bond donors (Lipinski definition) is 1. The SMILES string of the molecule is C[C@H]1C[C@H]1C(=O)Nc1ccnn1Cc1ccc(Br)cc1. The van der Waals surface area contributed by atoms with Crippen LogP contribution in [0.2, 0.25) is 0 Å². The Morgan fingerprint density at radius 2 is 2.10 bits per heavy atom. The van der Waals surface area contributed by atoms with E-state index in [-0.39, 0.29) is 11.8 Å². The van der Waals surface area contributed by atoms with Gasteiger partial charge in [0.05, 0.1) is 12.7 Å². The maximum atomic E-state index is 12.0. The van der Waals surface area contributed by atoms with Crippen LogP contribution in [0, 0.1) is 11.8 Å². The van der Waals surface area contributed by atoms with Crippen LogP contribution in [0.3, 0.4) is 0 Å². The molecule has 1 aliphatic carbocycles. The van der Waals surface area contributed by atoms with Gasteiger partial charge in [-0.3, -0.25) is 4.79 Å². The first-order chi connectivity index (χ1) is 9.63. The van der Waals surface area contributed by atoms with Gasteiger partial charge in [-0.25, -0.2) is 4.68 Å². The van der Waals surface area contributed by atoms with Crippen LogP contribution >= 0.6 is 15.9 Å². The highest BCUT2D eigenvalue weighted by Gasteiger charge is 2.39. The molecule has 0 unspecified atom stereocenters. The Labute approximate surface area is 126 Å². The Morgan fingerprint density at radius 3 is 2.75 bits per heavy atom. The van der Waals surface area contributed by atoms with Crippen LogP contribution in [0.25, 0.3) is 0 Å². The number of benzene rings is 1. The standard InChI is InChI=1S/C15H16BrN3O/c1-10-8-13(10)15(20)18-14-6-7-17-19(14)9-11-2-4-12(16)5-3-11/h2-7,10,13H,8-9H2,1H3,(H,18,20)/t10-,13+/m0/s1. The molecule has 1 heterocycles. The summed E-state index contributed by atoms with van der Waals surface area (Å²) in [5.41, 5.74) is 1.15. The van der Waals surface area contributed by atoms with E-state index in [9.17, 15) is 4.79 Å². The fraction of sp³-hybridized carbons (Fsp3) is 0.333. The lowest BCUT2D eigenvalue weighted by atomic mass is 10.2. The van der Waals surface area contributed by atoms with Crippen LogP contribution in [0.4, 0.5) is 5.82 Å². The topological polar surface area (TPSA) is 46.9 Å². The molecule has 1 fully saturated rings. The first-order valence-electron chi connectivity index (χ1n) is 6.70. The molecule has 1 aromatic carbocycles. The van der Waals surface area contributed by atoms with E-state index in [0.717, 1.165) is 22.3 Å². The maximum absolute atomic E-state index is 12.0. The Morgan fingerprint density at radius 1 is 1.40 bits per heavy atom. The minimum Gasteiger partial charge on any atom is -0.311 e. The van der Waals surface area contributed by atoms with Gasteiger partial charge in [0, 0.05) is 16.5 Å². The molecular formula is C15H16BrN3O. The third-order valence-electron chi connectivity index (χ3n) is 3.66. The monoisotopic (exact) mass is 333 g/mol. The molecule has 1 aromatic heterocycles. The number of aromatic nitrogens is 2. The lowest BCUT2D eigenvalue weighted by Gasteiger charge is -2.09. The number of anilines is 1. The zero-order chi connectivity index (χ0) is 14.1. The van der Waals surface area contributed by atoms with Crippen LogP contribution in [0.15, 0.2) is 41.0 Å². The summed E-state index contributed by atoms with van der Waals surface area (Å²) in [7, 11) is 0. The number of amides is 1. The van der Waals surface area contributed by atoms with E-state index in [2.05, 4.69) is 33.3 Å². The van der Waals surface area contributed by atoms with Gasteiger partial charge in [-0.05, 0) is 30.0 Å². The predicted molar refractivity (Wildman–Crippen MR) is 81.4 cm³/mol. The fourth-order valence-electron chi connectivity index (χ4n) is 2.23. The molecule has 4 nitrogen and oxygen atoms in total. The molecule has 20 heavy (non-hydrogen) atoms. The molecule has 1 N–H and O–H groups in total. The summed E-state index contributed by atoms with van der Waals surface area (Å²) in [6.45, 7) is 2.75. The molecule has 2 aromatic rings. The second-order valence-electron chi connectivity index (χ2n) is 5.31. The van der Waals surface area contributed by atoms with Crippen molar-refractivity contribution in [2.75, 3.05) is 5.32 Å². The Hall–Kier alpha value is -1.62. The number of rotatable bonds is 4. The molecule has 0 radical (unpaired) electrons. The minimum absolute atomic E-state index is 0.107. The van der Waals surface area contributed by atoms with Gasteiger partial charge in [-0.15, -0.1) is 0 Å². The third-order valence-corrected chi connectivity index (χ3v) is 4.19. The molecule has 0 aliphatic heterocycles. The number of carbonyl (C=O) groups is 1. The Balaban J connectivity index is 1.70. The van der Waals surface area contributed by atoms with Crippen molar-refractivity contribution in [1.29, 1.82) is 0 Å². The summed E-state index contributed by atoms with van der Waals surface area (Å²) in [5, 5.41) is 7.24. The van der Waals surface area contributed by atoms with Gasteiger partial charge < -0.3 is 5.32 Å². The summed E-state index contributed by atoms with van der Waals surface area (Å²) < 4.78 is 2.87. The van der Waals surface area contributed by atoms with Crippen LogP contribution in [0.5, 0.6) is 0 Å². The van der Waals surface area contributed by atoms with E-state index < -0.39 is 0 Å². The quantitative estimate of drug-likeness (QED) is 0.933. The highest BCUT2D eigenvalue weighted by molar-refractivity contribution is 9.10. The zero-order valence-corrected chi connectivity index (χ0v) is 12.8. The molecule has 1 aliphatic rings. The van der Waals surface area contributed by atoms with Gasteiger partial charge in [0.2, 0.25) is 5.91 Å². The van der Waals surface area contributed by atoms with E-state index in [1.807, 2.05) is 35.0 Å². The number of carbonyl (C=O) groups excluding carboxylic acids is 1. The van der Waals surface area contributed by atoms with Gasteiger partial charge in [-0.2, -0.15) is 5.10 Å². The first kappa shape index (κ1) is 13.4. The normalized spacial score (nSPS) is 20.7. The van der Waals surface area contributed by atoms with E-state index in [4.69, 9.17) is 0 Å². The summed E-state index contributed by atoms with van der Waals surface area (Å²) in [5.74, 6) is 1.55. The van der Waals surface area contributed by atoms with E-state index in [1.165, 1.54) is 0 Å². The van der Waals surface area contributed by atoms with E-state index >= 15 is 0 Å². The van der Waals surface area contributed by atoms with Crippen molar-refractivity contribution >= 4 is 27.7 Å². The fourth-order valence-corrected chi connectivity index (χ4v) is 2.50. The van der Waals surface area contributed by atoms with Crippen molar-refractivity contribution in [3.63, 3.8) is 0 Å². The molecule has 1 saturated carbocycles. The smallest absolute Gasteiger partial charge is 0.228 e. The molecule has 1 amide bonds. The summed E-state index contributed by atoms with van der Waals surface area (Å²) in [6, 6.07) is 9.93. The van der Waals surface area contributed by atoms with Crippen LogP contribution in [-0.2, 0) is 11.3 Å². The van der Waals surface area contributed by atoms with Crippen molar-refractivity contribution in [3.05, 3.63) is 46.6 Å². The van der Waals surface area contributed by atoms with Crippen LogP contribution in [0.1, 0.15) is 18.9 Å². The highest BCUT2D eigenvalue weighted by atomic mass is 79.9. The minimum atomic E-state index is 0.107. The molecule has 0 spiro atoms. The van der Waals surface area contributed by atoms with Crippen LogP contribution in [-0.4, -0.2) is 15.7 Å². The molecule has 0 bridgehead atoms. The lowest BCUT2D eigenvalue weighted by Crippen LogP contribution is -2.18. The number of halogens is 1. The van der Waals surface area contributed by atoms with Gasteiger partial charge in [0.25, 0.3) is 0 Å². The van der Waals surface area contributed by atoms with Gasteiger partial charge in [0.15, 0.2) is 0 Å². The van der Waals surface area contributed by atoms with E-state index in [0.29, 0.717) is 12.5 Å². The van der Waals surface area contributed by atoms with Crippen molar-refractivity contribution in [2.45, 2.75) is 19.9 Å². The van der Waals surface area contributed by atoms with Crippen molar-refractivity contribution in [1.82, 2.24) is 9.78 Å². The van der Waals surface area contributed by atoms with Gasteiger partial charge in [-0.1, -0.05) is 35.0 Å². The average molecular weight is 334 g/mol. The number of nitrogens with one attached hydrogen (secondary N) is 1. The van der Waals surface area contributed by atoms with Gasteiger partial charge >= 0.3 is 0 Å². The van der Waals surface area contributed by atoms with Crippen molar-refractivity contribution in [3.8, 4) is 0 Å². The average Bonchev–Trinajstić information content (AvgIpc) is 3.01. The summed E-state index contributed by atoms with van der Waals surface area (Å²) in [6.07, 6.45) is 2.71. The number of nitrogens with zero attached hydrogens (tertiary/aromatic N) is 2. The van der Waals surface area contributed by atoms with Crippen molar-refractivity contribution in [2.24, 2.45) is 11.8 Å². The Bertz CT molecular complexity index is 620. The zero-order valence-electron chi connectivity index (χ0n) is 11.2. The molecule has 0 saturated heterocycles. The maximum Gasteiger partial charge on any atom is 0.228 e. The molecule has 104 valence electrons. The second kappa shape index (κ2) is 5.40. The molecular weight excluding hydrogens is 318 g/mol. The van der Waals surface area contributed by atoms with Crippen LogP contribution < -0.4 is 5.32 Å². The highest BCUT2D eigenvalue weighted by Crippen LogP contribution is 2.38. The summed E-state index contributed by atoms with van der Waals surface area (Å²) in [4.78, 5) is 12.0. The molecule has 5 heteroatoms. The summed E-state index contributed by atoms with van der Waals surface area (Å²) >= 11 is 3.42. The molecule has 3 rings (SSSR count). The lowest BCUT2D eigenvalue weighted by molar-refractivity contribution is -0.117. The van der Waals surface area contributed by atoms with E-state index in [1.54, 1.807) is 6.20 Å². The largest absolute Gasteiger partial charge is 0.311 e. The third kappa shape index (κ3) is 2.93. The Kier molecular flexibility index (Phi) is 3.61. The first-order valence-corrected chi connectivity index (χ1v) is 7.50. The van der Waals surface area contributed by atoms with Crippen molar-refractivity contribution < 1.29 is 4.79 Å².